The molecule has 0 aliphatic heterocycles. The number of Topliss-reactive ketones (excluding diaryl/α,β-unsaturated/α-hetero) is 1. The van der Waals surface area contributed by atoms with Gasteiger partial charge in [-0.1, -0.05) is 0 Å². The molecule has 0 radical (unpaired) electrons. The minimum absolute atomic E-state index is 0.115. The summed E-state index contributed by atoms with van der Waals surface area (Å²) in [5.74, 6) is -2.02. The van der Waals surface area contributed by atoms with Crippen molar-refractivity contribution in [1.29, 1.82) is 0 Å². The van der Waals surface area contributed by atoms with Crippen molar-refractivity contribution < 1.29 is 28.7 Å². The zero-order valence-corrected chi connectivity index (χ0v) is 20.4. The van der Waals surface area contributed by atoms with Gasteiger partial charge < -0.3 is 14.8 Å². The number of amides is 1. The number of nitrogens with zero attached hydrogens (tertiary/aromatic N) is 1. The zero-order chi connectivity index (χ0) is 26.4. The highest BCUT2D eigenvalue weighted by Crippen LogP contribution is 2.18. The maximum absolute atomic E-state index is 13.2. The van der Waals surface area contributed by atoms with Crippen LogP contribution in [-0.4, -0.2) is 41.4 Å². The molecule has 1 aromatic heterocycles. The highest BCUT2D eigenvalue weighted by molar-refractivity contribution is 6.07. The summed E-state index contributed by atoms with van der Waals surface area (Å²) in [4.78, 5) is 62.3. The summed E-state index contributed by atoms with van der Waals surface area (Å²) in [5, 5.41) is 2.72. The van der Waals surface area contributed by atoms with E-state index in [1.807, 2.05) is 0 Å². The van der Waals surface area contributed by atoms with Gasteiger partial charge in [-0.3, -0.25) is 19.0 Å². The first kappa shape index (κ1) is 26.1. The van der Waals surface area contributed by atoms with E-state index in [1.165, 1.54) is 41.8 Å². The Morgan fingerprint density at radius 2 is 1.31 bits per heavy atom. The Morgan fingerprint density at radius 3 is 1.78 bits per heavy atom. The van der Waals surface area contributed by atoms with Crippen LogP contribution in [0.3, 0.4) is 0 Å². The van der Waals surface area contributed by atoms with Crippen LogP contribution in [0.25, 0.3) is 5.69 Å². The van der Waals surface area contributed by atoms with E-state index >= 15 is 0 Å². The van der Waals surface area contributed by atoms with Gasteiger partial charge in [-0.05, 0) is 82.3 Å². The Labute approximate surface area is 207 Å². The molecule has 0 fully saturated rings. The van der Waals surface area contributed by atoms with Crippen molar-refractivity contribution in [3.05, 3.63) is 92.9 Å². The Hall–Kier alpha value is -4.53. The summed E-state index contributed by atoms with van der Waals surface area (Å²) < 4.78 is 11.2. The SMILES string of the molecule is CCOC(=O)c1ccc(NC(=O)c2cc(C(C)=O)c(=O)n(-c3ccc(C(=O)OCC)cc3)c2C)cc1. The lowest BCUT2D eigenvalue weighted by Gasteiger charge is -2.16. The summed E-state index contributed by atoms with van der Waals surface area (Å²) >= 11 is 0. The second kappa shape index (κ2) is 11.3. The number of benzene rings is 2. The number of carbonyl (C=O) groups excluding carboxylic acids is 4. The third kappa shape index (κ3) is 5.57. The molecule has 0 bridgehead atoms. The molecule has 3 aromatic rings. The number of ketones is 1. The second-order valence-corrected chi connectivity index (χ2v) is 7.77. The summed E-state index contributed by atoms with van der Waals surface area (Å²) in [5.41, 5.74) is 1.10. The van der Waals surface area contributed by atoms with Gasteiger partial charge in [0.25, 0.3) is 11.5 Å². The summed E-state index contributed by atoms with van der Waals surface area (Å²) in [6.07, 6.45) is 0. The lowest BCUT2D eigenvalue weighted by molar-refractivity contribution is 0.0517. The summed E-state index contributed by atoms with van der Waals surface area (Å²) in [6.45, 7) is 6.71. The normalized spacial score (nSPS) is 10.4. The molecule has 0 unspecified atom stereocenters. The second-order valence-electron chi connectivity index (χ2n) is 7.77. The van der Waals surface area contributed by atoms with Crippen molar-refractivity contribution in [3.63, 3.8) is 0 Å². The predicted octanol–water partition coefficient (Wildman–Crippen LogP) is 3.95. The molecule has 9 nitrogen and oxygen atoms in total. The van der Waals surface area contributed by atoms with Gasteiger partial charge in [0.05, 0.1) is 35.5 Å². The molecule has 0 aliphatic carbocycles. The molecule has 0 saturated carbocycles. The van der Waals surface area contributed by atoms with Crippen LogP contribution in [0.1, 0.15) is 67.9 Å². The van der Waals surface area contributed by atoms with Gasteiger partial charge in [-0.25, -0.2) is 9.59 Å². The number of anilines is 1. The van der Waals surface area contributed by atoms with Crippen LogP contribution in [-0.2, 0) is 9.47 Å². The number of ether oxygens (including phenoxy) is 2. The van der Waals surface area contributed by atoms with E-state index in [0.29, 0.717) is 28.2 Å². The van der Waals surface area contributed by atoms with Crippen LogP contribution >= 0.6 is 0 Å². The molecule has 1 heterocycles. The van der Waals surface area contributed by atoms with Crippen LogP contribution in [0.4, 0.5) is 5.69 Å². The van der Waals surface area contributed by atoms with Gasteiger partial charge in [0.2, 0.25) is 0 Å². The molecule has 0 aliphatic rings. The molecule has 36 heavy (non-hydrogen) atoms. The van der Waals surface area contributed by atoms with Gasteiger partial charge in [-0.15, -0.1) is 0 Å². The fraction of sp³-hybridized carbons (Fsp3) is 0.222. The number of pyridine rings is 1. The smallest absolute Gasteiger partial charge is 0.338 e. The Bertz CT molecular complexity index is 1370. The van der Waals surface area contributed by atoms with Crippen molar-refractivity contribution in [1.82, 2.24) is 4.57 Å². The van der Waals surface area contributed by atoms with Gasteiger partial charge in [0, 0.05) is 17.1 Å². The zero-order valence-electron chi connectivity index (χ0n) is 20.4. The van der Waals surface area contributed by atoms with E-state index in [4.69, 9.17) is 9.47 Å². The van der Waals surface area contributed by atoms with E-state index in [-0.39, 0.29) is 24.3 Å². The molecular formula is C27H26N2O7. The first-order valence-electron chi connectivity index (χ1n) is 11.3. The summed E-state index contributed by atoms with van der Waals surface area (Å²) in [6, 6.07) is 13.5. The van der Waals surface area contributed by atoms with Crippen LogP contribution in [0.15, 0.2) is 59.4 Å². The van der Waals surface area contributed by atoms with Gasteiger partial charge in [-0.2, -0.15) is 0 Å². The molecule has 186 valence electrons. The van der Waals surface area contributed by atoms with E-state index in [0.717, 1.165) is 0 Å². The monoisotopic (exact) mass is 490 g/mol. The first-order valence-corrected chi connectivity index (χ1v) is 11.3. The maximum Gasteiger partial charge on any atom is 0.338 e. The minimum atomic E-state index is -0.584. The molecule has 0 spiro atoms. The maximum atomic E-state index is 13.2. The van der Waals surface area contributed by atoms with Crippen molar-refractivity contribution in [2.75, 3.05) is 18.5 Å². The van der Waals surface area contributed by atoms with E-state index in [2.05, 4.69) is 5.32 Å². The topological polar surface area (TPSA) is 121 Å². The molecule has 2 aromatic carbocycles. The van der Waals surface area contributed by atoms with Crippen molar-refractivity contribution in [2.24, 2.45) is 0 Å². The molecule has 0 saturated heterocycles. The van der Waals surface area contributed by atoms with Crippen LogP contribution < -0.4 is 10.9 Å². The summed E-state index contributed by atoms with van der Waals surface area (Å²) in [7, 11) is 0. The predicted molar refractivity (Wildman–Crippen MR) is 133 cm³/mol. The third-order valence-electron chi connectivity index (χ3n) is 5.36. The van der Waals surface area contributed by atoms with Gasteiger partial charge in [0.15, 0.2) is 5.78 Å². The van der Waals surface area contributed by atoms with E-state index in [1.54, 1.807) is 45.0 Å². The number of hydrogen-bond acceptors (Lipinski definition) is 7. The minimum Gasteiger partial charge on any atom is -0.462 e. The van der Waals surface area contributed by atoms with E-state index in [9.17, 15) is 24.0 Å². The number of carbonyl (C=O) groups is 4. The third-order valence-corrected chi connectivity index (χ3v) is 5.36. The number of rotatable bonds is 8. The number of esters is 2. The van der Waals surface area contributed by atoms with Crippen molar-refractivity contribution >= 4 is 29.3 Å². The van der Waals surface area contributed by atoms with Gasteiger partial charge >= 0.3 is 11.9 Å². The average molecular weight is 491 g/mol. The highest BCUT2D eigenvalue weighted by Gasteiger charge is 2.21. The van der Waals surface area contributed by atoms with Gasteiger partial charge in [0.1, 0.15) is 0 Å². The lowest BCUT2D eigenvalue weighted by atomic mass is 10.1. The van der Waals surface area contributed by atoms with E-state index < -0.39 is 29.2 Å². The van der Waals surface area contributed by atoms with Crippen LogP contribution in [0, 0.1) is 6.92 Å². The molecule has 9 heteroatoms. The Kier molecular flexibility index (Phi) is 8.16. The van der Waals surface area contributed by atoms with Crippen LogP contribution in [0.2, 0.25) is 0 Å². The Morgan fingerprint density at radius 1 is 0.806 bits per heavy atom. The first-order chi connectivity index (χ1) is 17.2. The molecule has 0 atom stereocenters. The van der Waals surface area contributed by atoms with Crippen molar-refractivity contribution in [2.45, 2.75) is 27.7 Å². The van der Waals surface area contributed by atoms with Crippen molar-refractivity contribution in [3.8, 4) is 5.69 Å². The molecule has 1 amide bonds. The number of aromatic nitrogens is 1. The fourth-order valence-electron chi connectivity index (χ4n) is 3.56. The largest absolute Gasteiger partial charge is 0.462 e. The highest BCUT2D eigenvalue weighted by atomic mass is 16.5. The number of nitrogens with one attached hydrogen (secondary N) is 1. The molecule has 3 rings (SSSR count). The molecule has 1 N–H and O–H groups in total. The number of hydrogen-bond donors (Lipinski definition) is 1. The Balaban J connectivity index is 1.99. The quantitative estimate of drug-likeness (QED) is 0.375. The van der Waals surface area contributed by atoms with Crippen LogP contribution in [0.5, 0.6) is 0 Å². The average Bonchev–Trinajstić information content (AvgIpc) is 2.85. The molecular weight excluding hydrogens is 464 g/mol. The standard InChI is InChI=1S/C27H26N2O7/c1-5-35-26(33)18-7-11-20(12-8-18)28-24(31)22-15-23(17(4)30)25(32)29(16(22)3)21-13-9-19(10-14-21)27(34)36-6-2/h7-15H,5-6H2,1-4H3,(H,28,31). The lowest BCUT2D eigenvalue weighted by Crippen LogP contribution is -2.29. The fourth-order valence-corrected chi connectivity index (χ4v) is 3.56.